The van der Waals surface area contributed by atoms with Crippen LogP contribution in [-0.4, -0.2) is 65.1 Å². The van der Waals surface area contributed by atoms with Crippen molar-refractivity contribution in [3.8, 4) is 0 Å². The van der Waals surface area contributed by atoms with E-state index in [4.69, 9.17) is 26.0 Å². The third kappa shape index (κ3) is 4.88. The van der Waals surface area contributed by atoms with E-state index in [1.54, 1.807) is 13.8 Å². The number of hydrogen-bond acceptors (Lipinski definition) is 10. The number of anilines is 2. The smallest absolute Gasteiger partial charge is 0.351 e. The Morgan fingerprint density at radius 2 is 1.34 bits per heavy atom. The second-order valence-electron chi connectivity index (χ2n) is 9.64. The fraction of sp³-hybridized carbons (Fsp3) is 0.636. The maximum Gasteiger partial charge on any atom is 0.351 e. The molecule has 0 aliphatic carbocycles. The Kier molecular flexibility index (Phi) is 7.68. The molecule has 2 aromatic heterocycles. The molecule has 0 radical (unpaired) electrons. The van der Waals surface area contributed by atoms with Crippen LogP contribution < -0.4 is 22.8 Å². The first-order valence-electron chi connectivity index (χ1n) is 11.5. The van der Waals surface area contributed by atoms with Gasteiger partial charge in [-0.2, -0.15) is 18.7 Å². The highest BCUT2D eigenvalue weighted by Gasteiger charge is 2.65. The number of nitrogen functional groups attached to an aromatic ring is 2. The first kappa shape index (κ1) is 29.5. The number of halogens is 4. The van der Waals surface area contributed by atoms with Gasteiger partial charge >= 0.3 is 17.3 Å². The lowest BCUT2D eigenvalue weighted by Gasteiger charge is -2.26. The predicted octanol–water partition coefficient (Wildman–Crippen LogP) is 0.896. The Hall–Kier alpha value is -3.08. The number of hydrogen-bond donors (Lipinski definition) is 4. The van der Waals surface area contributed by atoms with E-state index >= 15 is 0 Å². The van der Waals surface area contributed by atoms with Gasteiger partial charge < -0.3 is 31.2 Å². The highest BCUT2D eigenvalue weighted by Crippen LogP contribution is 2.52. The number of alkyl halides is 4. The lowest BCUT2D eigenvalue weighted by Crippen LogP contribution is -2.46. The van der Waals surface area contributed by atoms with Crippen molar-refractivity contribution in [1.29, 1.82) is 0 Å². The summed E-state index contributed by atoms with van der Waals surface area (Å²) in [5.74, 6) is -8.02. The maximum absolute atomic E-state index is 14.3. The maximum atomic E-state index is 14.3. The average molecular weight is 551 g/mol. The lowest BCUT2D eigenvalue weighted by atomic mass is 9.86. The van der Waals surface area contributed by atoms with Crippen molar-refractivity contribution in [2.45, 2.75) is 75.7 Å². The molecule has 6 N–H and O–H groups in total. The second kappa shape index (κ2) is 9.91. The number of aliphatic hydroxyl groups excluding tert-OH is 2. The summed E-state index contributed by atoms with van der Waals surface area (Å²) in [6.45, 7) is 5.14. The van der Waals surface area contributed by atoms with Crippen LogP contribution in [0.25, 0.3) is 0 Å². The minimum Gasteiger partial charge on any atom is -0.393 e. The third-order valence-electron chi connectivity index (χ3n) is 7.08. The Labute approximate surface area is 213 Å². The van der Waals surface area contributed by atoms with Crippen LogP contribution in [0.3, 0.4) is 0 Å². The number of rotatable bonds is 4. The number of nitrogens with zero attached hydrogens (tertiary/aromatic N) is 4. The number of aliphatic hydroxyl groups is 2. The first-order valence-corrected chi connectivity index (χ1v) is 11.5. The predicted molar refractivity (Wildman–Crippen MR) is 125 cm³/mol. The molecule has 2 fully saturated rings. The molecule has 0 saturated carbocycles. The Balaban J connectivity index is 0.000000211. The van der Waals surface area contributed by atoms with E-state index in [0.29, 0.717) is 11.0 Å². The molecule has 0 amide bonds. The lowest BCUT2D eigenvalue weighted by molar-refractivity contribution is -0.143. The Morgan fingerprint density at radius 3 is 1.68 bits per heavy atom. The van der Waals surface area contributed by atoms with Crippen LogP contribution in [0.15, 0.2) is 34.1 Å². The molecular weight excluding hydrogens is 520 g/mol. The van der Waals surface area contributed by atoms with E-state index in [9.17, 15) is 32.3 Å². The first-order chi connectivity index (χ1) is 17.4. The van der Waals surface area contributed by atoms with Gasteiger partial charge in [-0.1, -0.05) is 13.8 Å². The highest BCUT2D eigenvalue weighted by atomic mass is 19.3. The Morgan fingerprint density at radius 1 is 0.921 bits per heavy atom. The highest BCUT2D eigenvalue weighted by molar-refractivity contribution is 5.24. The molecule has 2 aliphatic heterocycles. The number of ether oxygens (including phenoxy) is 2. The number of nitrogens with two attached hydrogens (primary N) is 2. The molecule has 0 aromatic carbocycles. The van der Waals surface area contributed by atoms with E-state index in [0.717, 1.165) is 23.8 Å². The summed E-state index contributed by atoms with van der Waals surface area (Å²) >= 11 is 0. The number of aromatic nitrogens is 4. The zero-order valence-electron chi connectivity index (χ0n) is 21.0. The van der Waals surface area contributed by atoms with Gasteiger partial charge in [0, 0.05) is 12.4 Å². The van der Waals surface area contributed by atoms with E-state index in [1.807, 2.05) is 0 Å². The normalized spacial score (nSPS) is 33.5. The molecule has 6 atom stereocenters. The van der Waals surface area contributed by atoms with Crippen LogP contribution in [0.2, 0.25) is 0 Å². The Bertz CT molecular complexity index is 1190. The second-order valence-corrected chi connectivity index (χ2v) is 9.64. The van der Waals surface area contributed by atoms with Crippen molar-refractivity contribution in [3.63, 3.8) is 0 Å². The summed E-state index contributed by atoms with van der Waals surface area (Å²) in [7, 11) is 0. The quantitative estimate of drug-likeness (QED) is 0.399. The van der Waals surface area contributed by atoms with Crippen molar-refractivity contribution in [2.24, 2.45) is 5.92 Å². The van der Waals surface area contributed by atoms with Gasteiger partial charge in [-0.15, -0.1) is 0 Å². The van der Waals surface area contributed by atoms with Crippen LogP contribution in [-0.2, 0) is 9.47 Å². The van der Waals surface area contributed by atoms with Crippen LogP contribution in [0, 0.1) is 5.92 Å². The molecular formula is C22H30F4N6O6. The topological polar surface area (TPSA) is 181 Å². The fourth-order valence-electron chi connectivity index (χ4n) is 4.20. The van der Waals surface area contributed by atoms with E-state index in [2.05, 4.69) is 9.97 Å². The molecule has 2 saturated heterocycles. The molecule has 12 nitrogen and oxygen atoms in total. The molecule has 212 valence electrons. The summed E-state index contributed by atoms with van der Waals surface area (Å²) in [5, 5.41) is 18.6. The zero-order valence-corrected chi connectivity index (χ0v) is 21.0. The van der Waals surface area contributed by atoms with Gasteiger partial charge in [-0.05, 0) is 32.4 Å². The average Bonchev–Trinajstić information content (AvgIpc) is 3.14. The third-order valence-corrected chi connectivity index (χ3v) is 7.08. The van der Waals surface area contributed by atoms with Gasteiger partial charge in [-0.3, -0.25) is 9.13 Å². The summed E-state index contributed by atoms with van der Waals surface area (Å²) in [4.78, 5) is 30.0. The van der Waals surface area contributed by atoms with Crippen LogP contribution in [0.4, 0.5) is 29.2 Å². The van der Waals surface area contributed by atoms with Gasteiger partial charge in [0.25, 0.3) is 5.92 Å². The monoisotopic (exact) mass is 550 g/mol. The molecule has 38 heavy (non-hydrogen) atoms. The minimum absolute atomic E-state index is 0.00568. The van der Waals surface area contributed by atoms with Crippen molar-refractivity contribution < 1.29 is 37.2 Å². The molecule has 4 heterocycles. The molecule has 0 spiro atoms. The summed E-state index contributed by atoms with van der Waals surface area (Å²) in [5.41, 5.74) is 5.90. The molecule has 16 heteroatoms. The molecule has 0 bridgehead atoms. The van der Waals surface area contributed by atoms with Crippen molar-refractivity contribution in [3.05, 3.63) is 45.5 Å². The summed E-state index contributed by atoms with van der Waals surface area (Å²) < 4.78 is 68.3. The van der Waals surface area contributed by atoms with Crippen molar-refractivity contribution in [1.82, 2.24) is 19.1 Å². The zero-order chi connectivity index (χ0) is 28.8. The summed E-state index contributed by atoms with van der Waals surface area (Å²) in [6, 6.07) is 2.45. The molecule has 4 rings (SSSR count). The van der Waals surface area contributed by atoms with E-state index < -0.39 is 65.5 Å². The SMILES string of the molecule is CC[C@@]1(C)O[C@@H](n2ccc(N)nc2=O)C(F)(F)[C@@H]1C.C[C@]1(CO)O[C@@H](n2ccc(N)nc2=O)C(F)(F)[C@@H]1O. The van der Waals surface area contributed by atoms with Crippen LogP contribution in [0.1, 0.15) is 46.6 Å². The van der Waals surface area contributed by atoms with Gasteiger partial charge in [0.2, 0.25) is 12.5 Å². The van der Waals surface area contributed by atoms with Crippen molar-refractivity contribution >= 4 is 11.6 Å². The minimum atomic E-state index is -3.75. The van der Waals surface area contributed by atoms with Crippen LogP contribution >= 0.6 is 0 Å². The van der Waals surface area contributed by atoms with Gasteiger partial charge in [0.15, 0.2) is 6.10 Å². The fourth-order valence-corrected chi connectivity index (χ4v) is 4.20. The van der Waals surface area contributed by atoms with Gasteiger partial charge in [-0.25, -0.2) is 18.4 Å². The van der Waals surface area contributed by atoms with Crippen LogP contribution in [0.5, 0.6) is 0 Å². The van der Waals surface area contributed by atoms with Gasteiger partial charge in [0.1, 0.15) is 17.2 Å². The molecule has 2 aliphatic rings. The molecule has 0 unspecified atom stereocenters. The van der Waals surface area contributed by atoms with Crippen molar-refractivity contribution in [2.75, 3.05) is 18.1 Å². The van der Waals surface area contributed by atoms with E-state index in [1.165, 1.54) is 19.2 Å². The standard InChI is InChI=1S/C12H17F2N3O2.C10H13F2N3O4/c1-4-11(3)7(2)12(13,14)9(19-11)17-6-5-8(15)16-10(17)18;1-9(4-16)6(17)10(11,12)7(19-9)15-3-2-5(13)14-8(15)18/h5-7,9H,4H2,1-3H3,(H2,15,16,18);2-3,6-7,16-17H,4H2,1H3,(H2,13,14,18)/t7-,9-,11-;6-,7-,9-/m11/s1. The largest absolute Gasteiger partial charge is 0.393 e. The molecule has 2 aromatic rings. The van der Waals surface area contributed by atoms with Gasteiger partial charge in [0.05, 0.1) is 18.1 Å². The van der Waals surface area contributed by atoms with E-state index in [-0.39, 0.29) is 11.6 Å². The summed E-state index contributed by atoms with van der Waals surface area (Å²) in [6.07, 6.45) is -3.33.